The maximum absolute atomic E-state index is 10.3. The molecule has 4 heteroatoms. The van der Waals surface area contributed by atoms with Gasteiger partial charge in [0.15, 0.2) is 0 Å². The highest BCUT2D eigenvalue weighted by atomic mass is 16.4. The van der Waals surface area contributed by atoms with Gasteiger partial charge in [0.25, 0.3) is 0 Å². The highest BCUT2D eigenvalue weighted by Crippen LogP contribution is 1.89. The second-order valence-electron chi connectivity index (χ2n) is 2.22. The number of carboxylic acids is 1. The van der Waals surface area contributed by atoms with Crippen LogP contribution >= 0.6 is 0 Å². The molecule has 0 fully saturated rings. The Hall–Kier alpha value is -1.52. The number of carbonyl (C=O) groups is 1. The maximum atomic E-state index is 10.3. The Kier molecular flexibility index (Phi) is 5.42. The molecule has 0 unspecified atom stereocenters. The van der Waals surface area contributed by atoms with E-state index in [1.54, 1.807) is 0 Å². The molecule has 0 radical (unpaired) electrons. The van der Waals surface area contributed by atoms with Crippen molar-refractivity contribution < 1.29 is 9.90 Å². The minimum atomic E-state index is -0.928. The first-order valence-electron chi connectivity index (χ1n) is 3.45. The Morgan fingerprint density at radius 2 is 2.33 bits per heavy atom. The van der Waals surface area contributed by atoms with E-state index in [4.69, 9.17) is 16.8 Å². The molecule has 0 aliphatic heterocycles. The number of nitriles is 1. The molecule has 0 heterocycles. The third kappa shape index (κ3) is 5.28. The lowest BCUT2D eigenvalue weighted by atomic mass is 10.4. The molecule has 0 atom stereocenters. The number of hydrogen-bond acceptors (Lipinski definition) is 3. The smallest absolute Gasteiger partial charge is 0.317 e. The Morgan fingerprint density at radius 1 is 1.67 bits per heavy atom. The molecule has 0 saturated heterocycles. The molecule has 64 valence electrons. The topological polar surface area (TPSA) is 64.3 Å². The van der Waals surface area contributed by atoms with Gasteiger partial charge in [0.1, 0.15) is 0 Å². The van der Waals surface area contributed by atoms with Gasteiger partial charge >= 0.3 is 5.97 Å². The predicted octanol–water partition coefficient (Wildman–Crippen LogP) is -0.0801. The third-order valence-corrected chi connectivity index (χ3v) is 1.21. The number of hydrogen-bond donors (Lipinski definition) is 1. The second-order valence-corrected chi connectivity index (χ2v) is 2.22. The summed E-state index contributed by atoms with van der Waals surface area (Å²) in [7, 11) is 0. The molecule has 0 aliphatic carbocycles. The van der Waals surface area contributed by atoms with Crippen molar-refractivity contribution in [2.24, 2.45) is 0 Å². The van der Waals surface area contributed by atoms with Gasteiger partial charge in [-0.2, -0.15) is 5.26 Å². The van der Waals surface area contributed by atoms with Crippen LogP contribution in [-0.2, 0) is 4.79 Å². The van der Waals surface area contributed by atoms with Crippen LogP contribution in [0.1, 0.15) is 6.42 Å². The molecule has 0 aliphatic rings. The summed E-state index contributed by atoms with van der Waals surface area (Å²) in [6.45, 7) is 0.576. The van der Waals surface area contributed by atoms with Crippen LogP contribution in [0.5, 0.6) is 0 Å². The molecule has 0 aromatic rings. The van der Waals surface area contributed by atoms with Gasteiger partial charge in [-0.15, -0.1) is 6.42 Å². The number of carboxylic acid groups (broad SMARTS) is 1. The first kappa shape index (κ1) is 10.5. The molecule has 0 amide bonds. The van der Waals surface area contributed by atoms with Crippen LogP contribution in [-0.4, -0.2) is 35.6 Å². The maximum Gasteiger partial charge on any atom is 0.317 e. The summed E-state index contributed by atoms with van der Waals surface area (Å²) in [4.78, 5) is 11.8. The molecule has 0 aromatic heterocycles. The number of rotatable bonds is 5. The third-order valence-electron chi connectivity index (χ3n) is 1.21. The average Bonchev–Trinajstić information content (AvgIpc) is 2.00. The van der Waals surface area contributed by atoms with E-state index in [-0.39, 0.29) is 13.1 Å². The van der Waals surface area contributed by atoms with E-state index in [0.717, 1.165) is 0 Å². The monoisotopic (exact) mass is 166 g/mol. The molecule has 0 spiro atoms. The van der Waals surface area contributed by atoms with Crippen molar-refractivity contribution in [3.63, 3.8) is 0 Å². The van der Waals surface area contributed by atoms with Crippen LogP contribution in [0.2, 0.25) is 0 Å². The van der Waals surface area contributed by atoms with Crippen LogP contribution in [0.25, 0.3) is 0 Å². The van der Waals surface area contributed by atoms with E-state index in [1.807, 2.05) is 6.07 Å². The van der Waals surface area contributed by atoms with Gasteiger partial charge in [0.05, 0.1) is 19.2 Å². The van der Waals surface area contributed by atoms with Crippen LogP contribution in [0, 0.1) is 23.7 Å². The van der Waals surface area contributed by atoms with Crippen molar-refractivity contribution in [1.29, 1.82) is 5.26 Å². The van der Waals surface area contributed by atoms with Gasteiger partial charge in [0.2, 0.25) is 0 Å². The van der Waals surface area contributed by atoms with E-state index < -0.39 is 5.97 Å². The quantitative estimate of drug-likeness (QED) is 0.580. The van der Waals surface area contributed by atoms with Crippen LogP contribution in [0.3, 0.4) is 0 Å². The minimum absolute atomic E-state index is 0.105. The van der Waals surface area contributed by atoms with Crippen molar-refractivity contribution in [2.75, 3.05) is 19.6 Å². The van der Waals surface area contributed by atoms with Gasteiger partial charge in [-0.3, -0.25) is 9.69 Å². The lowest BCUT2D eigenvalue weighted by Gasteiger charge is -2.14. The highest BCUT2D eigenvalue weighted by Gasteiger charge is 2.06. The van der Waals surface area contributed by atoms with E-state index in [2.05, 4.69) is 5.92 Å². The van der Waals surface area contributed by atoms with E-state index in [9.17, 15) is 4.79 Å². The second kappa shape index (κ2) is 6.21. The molecule has 0 saturated carbocycles. The Balaban J connectivity index is 3.81. The standard InChI is InChI=1S/C8H10N2O2/c1-2-5-10(6-3-4-9)7-8(11)12/h1H,3,5-7H2,(H,11,12). The summed E-state index contributed by atoms with van der Waals surface area (Å²) in [6.07, 6.45) is 5.31. The Morgan fingerprint density at radius 3 is 2.75 bits per heavy atom. The fourth-order valence-electron chi connectivity index (χ4n) is 0.743. The van der Waals surface area contributed by atoms with E-state index >= 15 is 0 Å². The largest absolute Gasteiger partial charge is 0.480 e. The van der Waals surface area contributed by atoms with E-state index in [1.165, 1.54) is 4.90 Å². The highest BCUT2D eigenvalue weighted by molar-refractivity contribution is 5.69. The van der Waals surface area contributed by atoms with Crippen LogP contribution in [0.4, 0.5) is 0 Å². The summed E-state index contributed by atoms with van der Waals surface area (Å²) < 4.78 is 0. The molecule has 0 bridgehead atoms. The van der Waals surface area contributed by atoms with Gasteiger partial charge in [0, 0.05) is 13.0 Å². The number of nitrogens with zero attached hydrogens (tertiary/aromatic N) is 2. The fraction of sp³-hybridized carbons (Fsp3) is 0.500. The van der Waals surface area contributed by atoms with Gasteiger partial charge < -0.3 is 5.11 Å². The van der Waals surface area contributed by atoms with Crippen molar-refractivity contribution in [2.45, 2.75) is 6.42 Å². The summed E-state index contributed by atoms with van der Waals surface area (Å²) in [5, 5.41) is 16.7. The molecular weight excluding hydrogens is 156 g/mol. The molecular formula is C8H10N2O2. The van der Waals surface area contributed by atoms with Crippen molar-refractivity contribution in [3.05, 3.63) is 0 Å². The Labute approximate surface area is 71.4 Å². The van der Waals surface area contributed by atoms with Crippen molar-refractivity contribution in [1.82, 2.24) is 4.90 Å². The SMILES string of the molecule is C#CCN(CCC#N)CC(=O)O. The van der Waals surface area contributed by atoms with Gasteiger partial charge in [-0.25, -0.2) is 0 Å². The summed E-state index contributed by atoms with van der Waals surface area (Å²) >= 11 is 0. The normalized spacial score (nSPS) is 8.92. The molecule has 12 heavy (non-hydrogen) atoms. The lowest BCUT2D eigenvalue weighted by molar-refractivity contribution is -0.138. The molecule has 0 rings (SSSR count). The zero-order valence-electron chi connectivity index (χ0n) is 6.66. The molecule has 1 N–H and O–H groups in total. The van der Waals surface area contributed by atoms with Crippen LogP contribution in [0.15, 0.2) is 0 Å². The zero-order valence-corrected chi connectivity index (χ0v) is 6.66. The predicted molar refractivity (Wildman–Crippen MR) is 43.1 cm³/mol. The van der Waals surface area contributed by atoms with Crippen LogP contribution < -0.4 is 0 Å². The number of aliphatic carboxylic acids is 1. The summed E-state index contributed by atoms with van der Waals surface area (Å²) in [5.41, 5.74) is 0. The first-order valence-corrected chi connectivity index (χ1v) is 3.45. The van der Waals surface area contributed by atoms with Gasteiger partial charge in [-0.05, 0) is 0 Å². The average molecular weight is 166 g/mol. The van der Waals surface area contributed by atoms with E-state index in [0.29, 0.717) is 13.0 Å². The lowest BCUT2D eigenvalue weighted by Crippen LogP contribution is -2.30. The Bertz CT molecular complexity index is 224. The first-order chi connectivity index (χ1) is 5.70. The zero-order chi connectivity index (χ0) is 9.40. The minimum Gasteiger partial charge on any atom is -0.480 e. The fourth-order valence-corrected chi connectivity index (χ4v) is 0.743. The summed E-state index contributed by atoms with van der Waals surface area (Å²) in [5.74, 6) is 1.41. The number of terminal acetylenes is 1. The van der Waals surface area contributed by atoms with Gasteiger partial charge in [-0.1, -0.05) is 5.92 Å². The molecule has 0 aromatic carbocycles. The van der Waals surface area contributed by atoms with Crippen molar-refractivity contribution >= 4 is 5.97 Å². The van der Waals surface area contributed by atoms with Crippen molar-refractivity contribution in [3.8, 4) is 18.4 Å². The molecule has 4 nitrogen and oxygen atoms in total. The summed E-state index contributed by atoms with van der Waals surface area (Å²) in [6, 6.07) is 1.93.